The van der Waals surface area contributed by atoms with E-state index in [0.717, 1.165) is 63.8 Å². The van der Waals surface area contributed by atoms with E-state index in [9.17, 15) is 0 Å². The Kier molecular flexibility index (Phi) is 10.2. The molecule has 1 aliphatic heterocycles. The SMILES string of the molecule is Cl.Cl.Clc1ccc(C(c2ccc(Cl)cc2)c2ccc3ncnc(NC4CCN(c5ccccc5)CC4)c3c2)cc1. The van der Waals surface area contributed by atoms with Crippen LogP contribution < -0.4 is 10.2 Å². The van der Waals surface area contributed by atoms with Gasteiger partial charge in [-0.3, -0.25) is 0 Å². The van der Waals surface area contributed by atoms with Crippen molar-refractivity contribution in [3.63, 3.8) is 0 Å². The molecule has 0 unspecified atom stereocenters. The number of hydrogen-bond acceptors (Lipinski definition) is 4. The first-order valence-electron chi connectivity index (χ1n) is 13.0. The number of anilines is 2. The van der Waals surface area contributed by atoms with Crippen LogP contribution >= 0.6 is 48.0 Å². The van der Waals surface area contributed by atoms with Crippen LogP contribution in [0.25, 0.3) is 10.9 Å². The van der Waals surface area contributed by atoms with Crippen LogP contribution in [0.5, 0.6) is 0 Å². The number of nitrogens with zero attached hydrogens (tertiary/aromatic N) is 3. The Morgan fingerprint density at radius 3 is 1.88 bits per heavy atom. The molecule has 0 spiro atoms. The van der Waals surface area contributed by atoms with E-state index in [2.05, 4.69) is 93.0 Å². The number of benzene rings is 4. The molecule has 0 amide bonds. The lowest BCUT2D eigenvalue weighted by atomic mass is 9.84. The van der Waals surface area contributed by atoms with Crippen LogP contribution in [-0.2, 0) is 0 Å². The van der Waals surface area contributed by atoms with E-state index < -0.39 is 0 Å². The van der Waals surface area contributed by atoms with Crippen LogP contribution in [0, 0.1) is 0 Å². The van der Waals surface area contributed by atoms with E-state index >= 15 is 0 Å². The first-order valence-corrected chi connectivity index (χ1v) is 13.7. The minimum atomic E-state index is 0. The van der Waals surface area contributed by atoms with Crippen molar-refractivity contribution in [1.82, 2.24) is 9.97 Å². The second-order valence-electron chi connectivity index (χ2n) is 9.78. The Morgan fingerprint density at radius 2 is 1.27 bits per heavy atom. The van der Waals surface area contributed by atoms with Crippen molar-refractivity contribution in [1.29, 1.82) is 0 Å². The molecule has 0 saturated carbocycles. The van der Waals surface area contributed by atoms with Gasteiger partial charge >= 0.3 is 0 Å². The zero-order valence-electron chi connectivity index (χ0n) is 21.7. The number of aromatic nitrogens is 2. The van der Waals surface area contributed by atoms with E-state index in [1.807, 2.05) is 24.3 Å². The smallest absolute Gasteiger partial charge is 0.137 e. The van der Waals surface area contributed by atoms with Crippen LogP contribution in [0.15, 0.2) is 103 Å². The largest absolute Gasteiger partial charge is 0.371 e. The van der Waals surface area contributed by atoms with Crippen LogP contribution in [0.4, 0.5) is 11.5 Å². The summed E-state index contributed by atoms with van der Waals surface area (Å²) in [6.07, 6.45) is 3.76. The van der Waals surface area contributed by atoms with Gasteiger partial charge in [-0.2, -0.15) is 0 Å². The van der Waals surface area contributed by atoms with E-state index in [4.69, 9.17) is 23.2 Å². The van der Waals surface area contributed by atoms with Crippen LogP contribution in [-0.4, -0.2) is 29.1 Å². The zero-order chi connectivity index (χ0) is 25.9. The van der Waals surface area contributed by atoms with Crippen molar-refractivity contribution in [3.8, 4) is 0 Å². The van der Waals surface area contributed by atoms with Crippen molar-refractivity contribution in [2.45, 2.75) is 24.8 Å². The van der Waals surface area contributed by atoms with Gasteiger partial charge < -0.3 is 10.2 Å². The van der Waals surface area contributed by atoms with Gasteiger partial charge in [-0.05, 0) is 78.1 Å². The lowest BCUT2D eigenvalue weighted by Gasteiger charge is -2.34. The van der Waals surface area contributed by atoms with Gasteiger partial charge in [-0.15, -0.1) is 24.8 Å². The molecule has 0 radical (unpaired) electrons. The Hall–Kier alpha value is -3.02. The summed E-state index contributed by atoms with van der Waals surface area (Å²) in [5, 5.41) is 6.22. The van der Waals surface area contributed by atoms with Gasteiger partial charge in [-0.1, -0.05) is 71.7 Å². The molecule has 1 fully saturated rings. The third-order valence-electron chi connectivity index (χ3n) is 7.36. The molecule has 0 aliphatic carbocycles. The molecule has 206 valence electrons. The van der Waals surface area contributed by atoms with Gasteiger partial charge in [0.2, 0.25) is 0 Å². The summed E-state index contributed by atoms with van der Waals surface area (Å²) in [6.45, 7) is 2.04. The van der Waals surface area contributed by atoms with Gasteiger partial charge in [0.25, 0.3) is 0 Å². The van der Waals surface area contributed by atoms with E-state index in [-0.39, 0.29) is 30.7 Å². The summed E-state index contributed by atoms with van der Waals surface area (Å²) in [6, 6.07) is 33.6. The van der Waals surface area contributed by atoms with Crippen molar-refractivity contribution >= 4 is 70.4 Å². The van der Waals surface area contributed by atoms with Crippen LogP contribution in [0.1, 0.15) is 35.4 Å². The van der Waals surface area contributed by atoms with E-state index in [0.29, 0.717) is 6.04 Å². The molecule has 1 saturated heterocycles. The zero-order valence-corrected chi connectivity index (χ0v) is 24.9. The molecule has 1 aromatic heterocycles. The second kappa shape index (κ2) is 13.6. The summed E-state index contributed by atoms with van der Waals surface area (Å²) in [5.74, 6) is 0.914. The van der Waals surface area contributed by atoms with Crippen LogP contribution in [0.3, 0.4) is 0 Å². The Morgan fingerprint density at radius 1 is 0.700 bits per heavy atom. The fourth-order valence-electron chi connectivity index (χ4n) is 5.37. The summed E-state index contributed by atoms with van der Waals surface area (Å²) in [7, 11) is 0. The minimum Gasteiger partial charge on any atom is -0.371 e. The van der Waals surface area contributed by atoms with E-state index in [1.165, 1.54) is 11.3 Å². The summed E-state index contributed by atoms with van der Waals surface area (Å²) >= 11 is 12.4. The summed E-state index contributed by atoms with van der Waals surface area (Å²) < 4.78 is 0. The lowest BCUT2D eigenvalue weighted by Crippen LogP contribution is -2.39. The van der Waals surface area contributed by atoms with Crippen LogP contribution in [0.2, 0.25) is 10.0 Å². The normalized spacial score (nSPS) is 13.5. The molecule has 40 heavy (non-hydrogen) atoms. The first kappa shape index (κ1) is 30.0. The van der Waals surface area contributed by atoms with Gasteiger partial charge in [0, 0.05) is 46.2 Å². The highest BCUT2D eigenvalue weighted by Crippen LogP contribution is 2.36. The third kappa shape index (κ3) is 6.64. The van der Waals surface area contributed by atoms with Crippen molar-refractivity contribution < 1.29 is 0 Å². The predicted octanol–water partition coefficient (Wildman–Crippen LogP) is 9.04. The maximum Gasteiger partial charge on any atom is 0.137 e. The monoisotopic (exact) mass is 610 g/mol. The molecule has 0 bridgehead atoms. The molecule has 2 heterocycles. The fourth-order valence-corrected chi connectivity index (χ4v) is 5.62. The average Bonchev–Trinajstić information content (AvgIpc) is 2.96. The maximum absolute atomic E-state index is 6.22. The molecule has 6 rings (SSSR count). The molecule has 8 heteroatoms. The maximum atomic E-state index is 6.22. The molecule has 5 aromatic rings. The number of para-hydroxylation sites is 1. The number of fused-ring (bicyclic) bond motifs is 1. The third-order valence-corrected chi connectivity index (χ3v) is 7.86. The number of piperidine rings is 1. The topological polar surface area (TPSA) is 41.1 Å². The number of rotatable bonds is 6. The van der Waals surface area contributed by atoms with Crippen molar-refractivity contribution in [2.24, 2.45) is 0 Å². The Bertz CT molecular complexity index is 1480. The van der Waals surface area contributed by atoms with E-state index in [1.54, 1.807) is 6.33 Å². The summed E-state index contributed by atoms with van der Waals surface area (Å²) in [4.78, 5) is 11.7. The highest BCUT2D eigenvalue weighted by atomic mass is 35.5. The highest BCUT2D eigenvalue weighted by molar-refractivity contribution is 6.30. The number of halogens is 4. The minimum absolute atomic E-state index is 0. The van der Waals surface area contributed by atoms with Gasteiger partial charge in [-0.25, -0.2) is 9.97 Å². The predicted molar refractivity (Wildman–Crippen MR) is 173 cm³/mol. The average molecular weight is 612 g/mol. The molecule has 1 aliphatic rings. The van der Waals surface area contributed by atoms with Crippen molar-refractivity contribution in [2.75, 3.05) is 23.3 Å². The quantitative estimate of drug-likeness (QED) is 0.194. The molecule has 0 atom stereocenters. The van der Waals surface area contributed by atoms with Gasteiger partial charge in [0.15, 0.2) is 0 Å². The highest BCUT2D eigenvalue weighted by Gasteiger charge is 2.22. The van der Waals surface area contributed by atoms with Crippen molar-refractivity contribution in [3.05, 3.63) is 130 Å². The fraction of sp³-hybridized carbons (Fsp3) is 0.188. The standard InChI is InChI=1S/C32H28Cl2N4.2ClH/c33-25-11-6-22(7-12-25)31(23-8-13-26(34)14-9-23)24-10-15-30-29(20-24)32(36-21-35-30)37-27-16-18-38(19-17-27)28-4-2-1-3-5-28;;/h1-15,20-21,27,31H,16-19H2,(H,35,36,37);2*1H. The molecule has 1 N–H and O–H groups in total. The first-order chi connectivity index (χ1) is 18.6. The summed E-state index contributed by atoms with van der Waals surface area (Å²) in [5.41, 5.74) is 5.71. The van der Waals surface area contributed by atoms with Gasteiger partial charge in [0.1, 0.15) is 12.1 Å². The number of hydrogen-bond donors (Lipinski definition) is 1. The Labute approximate surface area is 257 Å². The molecule has 4 nitrogen and oxygen atoms in total. The second-order valence-corrected chi connectivity index (χ2v) is 10.6. The molecular weight excluding hydrogens is 582 g/mol. The Balaban J connectivity index is 0.00000185. The molecule has 4 aromatic carbocycles. The lowest BCUT2D eigenvalue weighted by molar-refractivity contribution is 0.526. The molecular formula is C32H30Cl4N4. The number of nitrogens with one attached hydrogen (secondary N) is 1. The van der Waals surface area contributed by atoms with Gasteiger partial charge in [0.05, 0.1) is 5.52 Å².